The van der Waals surface area contributed by atoms with E-state index >= 15 is 0 Å². The van der Waals surface area contributed by atoms with Crippen LogP contribution in [0.25, 0.3) is 0 Å². The minimum atomic E-state index is 0.386. The summed E-state index contributed by atoms with van der Waals surface area (Å²) in [7, 11) is 0. The van der Waals surface area contributed by atoms with Crippen molar-refractivity contribution < 1.29 is 0 Å². The molecule has 6 N–H and O–H groups in total. The Morgan fingerprint density at radius 2 is 0.923 bits per heavy atom. The lowest BCUT2D eigenvalue weighted by molar-refractivity contribution is 0.337. The lowest BCUT2D eigenvalue weighted by Crippen LogP contribution is -2.27. The van der Waals surface area contributed by atoms with Gasteiger partial charge in [-0.1, -0.05) is 0 Å². The first kappa shape index (κ1) is 8.21. The molecule has 3 rings (SSSR count). The molecule has 13 heavy (non-hydrogen) atoms. The summed E-state index contributed by atoms with van der Waals surface area (Å²) in [6, 6.07) is 1.16. The summed E-state index contributed by atoms with van der Waals surface area (Å²) in [5, 5.41) is 0. The average Bonchev–Trinajstić information content (AvgIpc) is 2.63. The van der Waals surface area contributed by atoms with Gasteiger partial charge in [0.05, 0.1) is 0 Å². The molecule has 0 aromatic heterocycles. The summed E-state index contributed by atoms with van der Waals surface area (Å²) in [6.07, 6.45) is 3.46. The summed E-state index contributed by atoms with van der Waals surface area (Å²) in [5.41, 5.74) is 18.4. The predicted octanol–water partition coefficient (Wildman–Crippen LogP) is -0.356. The highest BCUT2D eigenvalue weighted by Crippen LogP contribution is 2.56. The molecule has 3 saturated carbocycles. The van der Waals surface area contributed by atoms with Gasteiger partial charge in [0.1, 0.15) is 0 Å². The number of hydrogen-bond acceptors (Lipinski definition) is 3. The van der Waals surface area contributed by atoms with Crippen LogP contribution in [0.3, 0.4) is 0 Å². The highest BCUT2D eigenvalue weighted by Gasteiger charge is 2.57. The van der Waals surface area contributed by atoms with Crippen LogP contribution < -0.4 is 17.2 Å². The van der Waals surface area contributed by atoms with E-state index in [0.717, 1.165) is 25.2 Å². The smallest absolute Gasteiger partial charge is 0.00739 e. The van der Waals surface area contributed by atoms with E-state index in [1.807, 2.05) is 0 Å². The van der Waals surface area contributed by atoms with Crippen LogP contribution in [0.2, 0.25) is 0 Å². The molecular weight excluding hydrogens is 162 g/mol. The van der Waals surface area contributed by atoms with E-state index in [-0.39, 0.29) is 0 Å². The zero-order chi connectivity index (χ0) is 9.16. The summed E-state index contributed by atoms with van der Waals surface area (Å²) in [5.74, 6) is 2.86. The van der Waals surface area contributed by atoms with Crippen LogP contribution in [-0.4, -0.2) is 18.1 Å². The van der Waals surface area contributed by atoms with Crippen LogP contribution >= 0.6 is 0 Å². The maximum absolute atomic E-state index is 6.12. The van der Waals surface area contributed by atoms with Crippen LogP contribution in [0, 0.1) is 23.7 Å². The van der Waals surface area contributed by atoms with E-state index in [4.69, 9.17) is 17.2 Å². The standard InChI is InChI=1S/C10H19N3/c11-7-1-4-8(12)3-6-9(13)2-5(7)10(4)6/h4-10H,1-3,11-13H2/t4?,5?,6?,7-,8+,9?,10?/m0/s1. The largest absolute Gasteiger partial charge is 0.327 e. The average molecular weight is 181 g/mol. The Bertz CT molecular complexity index is 192. The first-order chi connectivity index (χ1) is 6.18. The summed E-state index contributed by atoms with van der Waals surface area (Å²) in [4.78, 5) is 0. The Morgan fingerprint density at radius 1 is 0.615 bits per heavy atom. The molecule has 0 heterocycles. The molecule has 0 spiro atoms. The zero-order valence-electron chi connectivity index (χ0n) is 7.89. The minimum Gasteiger partial charge on any atom is -0.327 e. The second-order valence-electron chi connectivity index (χ2n) is 5.27. The Kier molecular flexibility index (Phi) is 1.56. The lowest BCUT2D eigenvalue weighted by atomic mass is 9.91. The highest BCUT2D eigenvalue weighted by atomic mass is 14.9. The molecular formula is C10H19N3. The summed E-state index contributed by atoms with van der Waals surface area (Å²) in [6.45, 7) is 0. The number of nitrogens with two attached hydrogens (primary N) is 3. The Morgan fingerprint density at radius 3 is 1.23 bits per heavy atom. The molecule has 0 aliphatic heterocycles. The minimum absolute atomic E-state index is 0.386. The van der Waals surface area contributed by atoms with Gasteiger partial charge in [0.25, 0.3) is 0 Å². The maximum Gasteiger partial charge on any atom is 0.00739 e. The Hall–Kier alpha value is -0.120. The predicted molar refractivity (Wildman–Crippen MR) is 51.7 cm³/mol. The second kappa shape index (κ2) is 2.47. The van der Waals surface area contributed by atoms with Crippen LogP contribution in [-0.2, 0) is 0 Å². The molecule has 0 saturated heterocycles. The van der Waals surface area contributed by atoms with Crippen LogP contribution in [0.5, 0.6) is 0 Å². The van der Waals surface area contributed by atoms with Gasteiger partial charge in [0.15, 0.2) is 0 Å². The highest BCUT2D eigenvalue weighted by molar-refractivity contribution is 5.11. The zero-order valence-corrected chi connectivity index (χ0v) is 7.89. The second-order valence-corrected chi connectivity index (χ2v) is 5.27. The van der Waals surface area contributed by atoms with Crippen molar-refractivity contribution in [1.82, 2.24) is 0 Å². The van der Waals surface area contributed by atoms with Gasteiger partial charge < -0.3 is 17.2 Å². The van der Waals surface area contributed by atoms with Gasteiger partial charge >= 0.3 is 0 Å². The monoisotopic (exact) mass is 181 g/mol. The van der Waals surface area contributed by atoms with Crippen molar-refractivity contribution in [2.45, 2.75) is 37.4 Å². The van der Waals surface area contributed by atoms with Crippen molar-refractivity contribution in [3.05, 3.63) is 0 Å². The van der Waals surface area contributed by atoms with E-state index in [0.29, 0.717) is 35.9 Å². The fraction of sp³-hybridized carbons (Fsp3) is 1.00. The molecule has 0 aromatic rings. The molecule has 0 amide bonds. The lowest BCUT2D eigenvalue weighted by Gasteiger charge is -2.15. The number of rotatable bonds is 0. The van der Waals surface area contributed by atoms with Gasteiger partial charge in [0.2, 0.25) is 0 Å². The molecule has 3 nitrogen and oxygen atoms in total. The Labute approximate surface area is 79.0 Å². The van der Waals surface area contributed by atoms with Crippen molar-refractivity contribution in [3.8, 4) is 0 Å². The van der Waals surface area contributed by atoms with Crippen molar-refractivity contribution >= 4 is 0 Å². The van der Waals surface area contributed by atoms with E-state index in [2.05, 4.69) is 0 Å². The fourth-order valence-electron chi connectivity index (χ4n) is 4.27. The number of hydrogen-bond donors (Lipinski definition) is 3. The van der Waals surface area contributed by atoms with Gasteiger partial charge in [-0.3, -0.25) is 0 Å². The molecule has 0 radical (unpaired) electrons. The van der Waals surface area contributed by atoms with E-state index < -0.39 is 0 Å². The van der Waals surface area contributed by atoms with Crippen molar-refractivity contribution in [3.63, 3.8) is 0 Å². The molecule has 3 heteroatoms. The topological polar surface area (TPSA) is 78.1 Å². The molecule has 74 valence electrons. The first-order valence-electron chi connectivity index (χ1n) is 5.45. The molecule has 3 fully saturated rings. The molecule has 5 unspecified atom stereocenters. The normalized spacial score (nSPS) is 64.4. The van der Waals surface area contributed by atoms with E-state index in [1.54, 1.807) is 0 Å². The van der Waals surface area contributed by atoms with Gasteiger partial charge in [-0.2, -0.15) is 0 Å². The van der Waals surface area contributed by atoms with Crippen molar-refractivity contribution in [1.29, 1.82) is 0 Å². The quantitative estimate of drug-likeness (QED) is 0.478. The summed E-state index contributed by atoms with van der Waals surface area (Å²) < 4.78 is 0. The SMILES string of the molecule is NC1CC2C3C1C[C@@H](N)C3C[C@@H]2N. The van der Waals surface area contributed by atoms with E-state index in [9.17, 15) is 0 Å². The maximum atomic E-state index is 6.12. The van der Waals surface area contributed by atoms with Crippen molar-refractivity contribution in [2.24, 2.45) is 40.9 Å². The van der Waals surface area contributed by atoms with Gasteiger partial charge in [0, 0.05) is 18.1 Å². The molecule has 3 aliphatic rings. The van der Waals surface area contributed by atoms with Gasteiger partial charge in [-0.25, -0.2) is 0 Å². The molecule has 0 aromatic carbocycles. The van der Waals surface area contributed by atoms with E-state index in [1.165, 1.54) is 0 Å². The third kappa shape index (κ3) is 0.901. The molecule has 0 bridgehead atoms. The van der Waals surface area contributed by atoms with Crippen LogP contribution in [0.15, 0.2) is 0 Å². The van der Waals surface area contributed by atoms with Gasteiger partial charge in [-0.15, -0.1) is 0 Å². The third-order valence-corrected chi connectivity index (χ3v) is 4.77. The first-order valence-corrected chi connectivity index (χ1v) is 5.45. The third-order valence-electron chi connectivity index (χ3n) is 4.77. The summed E-state index contributed by atoms with van der Waals surface area (Å²) >= 11 is 0. The molecule has 3 aliphatic carbocycles. The Balaban J connectivity index is 1.94. The van der Waals surface area contributed by atoms with Gasteiger partial charge in [-0.05, 0) is 42.9 Å². The van der Waals surface area contributed by atoms with Crippen molar-refractivity contribution in [2.75, 3.05) is 0 Å². The fourth-order valence-corrected chi connectivity index (χ4v) is 4.27. The van der Waals surface area contributed by atoms with Crippen LogP contribution in [0.4, 0.5) is 0 Å². The van der Waals surface area contributed by atoms with Crippen LogP contribution in [0.1, 0.15) is 19.3 Å². The molecule has 7 atom stereocenters.